The summed E-state index contributed by atoms with van der Waals surface area (Å²) in [4.78, 5) is 10.9. The first-order valence-corrected chi connectivity index (χ1v) is 7.77. The van der Waals surface area contributed by atoms with Crippen LogP contribution in [0.2, 0.25) is 0 Å². The molecule has 0 spiro atoms. The third-order valence-corrected chi connectivity index (χ3v) is 4.40. The van der Waals surface area contributed by atoms with Crippen molar-refractivity contribution < 1.29 is 18.3 Å². The van der Waals surface area contributed by atoms with Gasteiger partial charge in [-0.2, -0.15) is 0 Å². The highest BCUT2D eigenvalue weighted by atomic mass is 19.2. The van der Waals surface area contributed by atoms with Gasteiger partial charge in [0.05, 0.1) is 6.61 Å². The smallest absolute Gasteiger partial charge is 0.229 e. The van der Waals surface area contributed by atoms with E-state index >= 15 is 0 Å². The van der Waals surface area contributed by atoms with Crippen LogP contribution in [-0.2, 0) is 4.79 Å². The molecule has 119 valence electrons. The van der Waals surface area contributed by atoms with Crippen LogP contribution in [0.3, 0.4) is 0 Å². The molecule has 1 fully saturated rings. The maximum absolute atomic E-state index is 14.2. The zero-order valence-electron chi connectivity index (χ0n) is 13.0. The lowest BCUT2D eigenvalue weighted by Crippen LogP contribution is -2.17. The fraction of sp³-hybridized carbons (Fsp3) is 0.500. The molecule has 1 saturated carbocycles. The molecule has 1 aliphatic carbocycles. The van der Waals surface area contributed by atoms with Gasteiger partial charge < -0.3 is 4.74 Å². The molecule has 0 heterocycles. The molecule has 0 aromatic heterocycles. The molecule has 0 unspecified atom stereocenters. The molecule has 2 rings (SSSR count). The Morgan fingerprint density at radius 2 is 2.00 bits per heavy atom. The van der Waals surface area contributed by atoms with Crippen LogP contribution in [-0.4, -0.2) is 12.9 Å². The molecule has 22 heavy (non-hydrogen) atoms. The number of hydrogen-bond donors (Lipinski definition) is 0. The average Bonchev–Trinajstić information content (AvgIpc) is 2.54. The predicted octanol–water partition coefficient (Wildman–Crippen LogP) is 4.69. The Labute approximate surface area is 130 Å². The van der Waals surface area contributed by atoms with Crippen LogP contribution in [0, 0.1) is 17.6 Å². The Morgan fingerprint density at radius 3 is 2.55 bits per heavy atom. The highest BCUT2D eigenvalue weighted by Crippen LogP contribution is 2.42. The summed E-state index contributed by atoms with van der Waals surface area (Å²) in [7, 11) is 0. The fourth-order valence-corrected chi connectivity index (χ4v) is 3.28. The molecule has 0 aliphatic heterocycles. The molecule has 0 atom stereocenters. The van der Waals surface area contributed by atoms with Gasteiger partial charge in [-0.3, -0.25) is 4.79 Å². The van der Waals surface area contributed by atoms with E-state index in [1.807, 2.05) is 20.1 Å². The standard InChI is InChI=1S/C18H21F2O2/c1-3-12(11-21)13-5-7-14(8-6-13)17-16(22-4-2)10-9-15(19)18(17)20/h3,9-10,13-14H,4-8H2,1-2H3. The minimum absolute atomic E-state index is 0.0711. The zero-order valence-corrected chi connectivity index (χ0v) is 13.0. The van der Waals surface area contributed by atoms with Gasteiger partial charge in [-0.1, -0.05) is 6.08 Å². The molecule has 0 N–H and O–H groups in total. The van der Waals surface area contributed by atoms with Gasteiger partial charge in [0.2, 0.25) is 6.29 Å². The highest BCUT2D eigenvalue weighted by molar-refractivity contribution is 5.74. The monoisotopic (exact) mass is 307 g/mol. The van der Waals surface area contributed by atoms with E-state index in [4.69, 9.17) is 4.74 Å². The number of allylic oxidation sites excluding steroid dienone is 2. The Bertz CT molecular complexity index is 558. The van der Waals surface area contributed by atoms with E-state index in [1.165, 1.54) is 6.07 Å². The first-order chi connectivity index (χ1) is 10.6. The maximum Gasteiger partial charge on any atom is 0.229 e. The predicted molar refractivity (Wildman–Crippen MR) is 81.7 cm³/mol. The molecule has 0 saturated heterocycles. The summed E-state index contributed by atoms with van der Waals surface area (Å²) in [5.41, 5.74) is 1.03. The summed E-state index contributed by atoms with van der Waals surface area (Å²) >= 11 is 0. The van der Waals surface area contributed by atoms with Crippen molar-refractivity contribution in [3.8, 4) is 5.75 Å². The number of benzene rings is 1. The van der Waals surface area contributed by atoms with Crippen molar-refractivity contribution in [3.63, 3.8) is 0 Å². The summed E-state index contributed by atoms with van der Waals surface area (Å²) in [5, 5.41) is 0. The molecule has 1 aromatic carbocycles. The van der Waals surface area contributed by atoms with Gasteiger partial charge in [0, 0.05) is 11.1 Å². The number of carbonyl (C=O) groups excluding carboxylic acids is 1. The second-order valence-electron chi connectivity index (χ2n) is 5.60. The summed E-state index contributed by atoms with van der Waals surface area (Å²) in [6.07, 6.45) is 6.75. The van der Waals surface area contributed by atoms with Gasteiger partial charge in [-0.15, -0.1) is 0 Å². The van der Waals surface area contributed by atoms with Crippen molar-refractivity contribution >= 4 is 6.29 Å². The lowest BCUT2D eigenvalue weighted by Gasteiger charge is -2.30. The minimum Gasteiger partial charge on any atom is -0.493 e. The zero-order chi connectivity index (χ0) is 16.1. The largest absolute Gasteiger partial charge is 0.493 e. The van der Waals surface area contributed by atoms with Gasteiger partial charge in [-0.05, 0) is 63.5 Å². The van der Waals surface area contributed by atoms with Gasteiger partial charge >= 0.3 is 0 Å². The molecular formula is C18H21F2O2. The van der Waals surface area contributed by atoms with E-state index < -0.39 is 11.6 Å². The van der Waals surface area contributed by atoms with Crippen molar-refractivity contribution in [3.05, 3.63) is 41.0 Å². The molecule has 2 nitrogen and oxygen atoms in total. The quantitative estimate of drug-likeness (QED) is 0.737. The van der Waals surface area contributed by atoms with E-state index in [-0.39, 0.29) is 11.8 Å². The van der Waals surface area contributed by atoms with Crippen LogP contribution in [0.1, 0.15) is 51.0 Å². The van der Waals surface area contributed by atoms with Gasteiger partial charge in [0.15, 0.2) is 11.6 Å². The normalized spacial score (nSPS) is 22.5. The summed E-state index contributed by atoms with van der Waals surface area (Å²) in [5.74, 6) is -1.11. The Balaban J connectivity index is 2.20. The summed E-state index contributed by atoms with van der Waals surface area (Å²) in [6.45, 7) is 4.06. The topological polar surface area (TPSA) is 26.3 Å². The van der Waals surface area contributed by atoms with E-state index in [9.17, 15) is 13.6 Å². The van der Waals surface area contributed by atoms with Crippen LogP contribution < -0.4 is 4.74 Å². The van der Waals surface area contributed by atoms with E-state index in [0.717, 1.165) is 18.9 Å². The van der Waals surface area contributed by atoms with Gasteiger partial charge in [0.1, 0.15) is 5.75 Å². The Morgan fingerprint density at radius 1 is 1.32 bits per heavy atom. The third-order valence-electron chi connectivity index (χ3n) is 4.40. The molecule has 1 aromatic rings. The number of rotatable bonds is 5. The van der Waals surface area contributed by atoms with E-state index in [0.29, 0.717) is 36.3 Å². The number of halogens is 2. The fourth-order valence-electron chi connectivity index (χ4n) is 3.28. The molecule has 4 heteroatoms. The Hall–Kier alpha value is -1.71. The number of hydrogen-bond acceptors (Lipinski definition) is 2. The minimum atomic E-state index is -0.837. The molecular weight excluding hydrogens is 286 g/mol. The van der Waals surface area contributed by atoms with Crippen LogP contribution in [0.15, 0.2) is 23.8 Å². The van der Waals surface area contributed by atoms with Crippen LogP contribution >= 0.6 is 0 Å². The summed E-state index contributed by atoms with van der Waals surface area (Å²) < 4.78 is 33.3. The van der Waals surface area contributed by atoms with E-state index in [1.54, 1.807) is 6.08 Å². The van der Waals surface area contributed by atoms with Crippen molar-refractivity contribution in [2.24, 2.45) is 5.92 Å². The summed E-state index contributed by atoms with van der Waals surface area (Å²) in [6, 6.07) is 2.61. The molecule has 0 amide bonds. The second kappa shape index (κ2) is 7.52. The van der Waals surface area contributed by atoms with Crippen LogP contribution in [0.25, 0.3) is 0 Å². The maximum atomic E-state index is 14.2. The van der Waals surface area contributed by atoms with Crippen molar-refractivity contribution in [2.45, 2.75) is 45.4 Å². The highest BCUT2D eigenvalue weighted by Gasteiger charge is 2.29. The molecule has 1 radical (unpaired) electrons. The average molecular weight is 307 g/mol. The number of ether oxygens (including phenoxy) is 1. The van der Waals surface area contributed by atoms with Crippen molar-refractivity contribution in [1.82, 2.24) is 0 Å². The second-order valence-corrected chi connectivity index (χ2v) is 5.60. The first kappa shape index (κ1) is 16.7. The lowest BCUT2D eigenvalue weighted by molar-refractivity contribution is 0.310. The molecule has 1 aliphatic rings. The van der Waals surface area contributed by atoms with Crippen LogP contribution in [0.5, 0.6) is 5.75 Å². The van der Waals surface area contributed by atoms with Crippen molar-refractivity contribution in [2.75, 3.05) is 6.61 Å². The molecule has 0 bridgehead atoms. The van der Waals surface area contributed by atoms with E-state index in [2.05, 4.69) is 0 Å². The third kappa shape index (κ3) is 3.37. The SMILES string of the molecule is CC=C([C]=O)C1CCC(c2c(OCC)ccc(F)c2F)CC1. The van der Waals surface area contributed by atoms with Crippen LogP contribution in [0.4, 0.5) is 8.78 Å². The first-order valence-electron chi connectivity index (χ1n) is 7.77. The Kier molecular flexibility index (Phi) is 5.69. The van der Waals surface area contributed by atoms with Gasteiger partial charge in [-0.25, -0.2) is 8.78 Å². The van der Waals surface area contributed by atoms with Gasteiger partial charge in [0.25, 0.3) is 0 Å². The lowest BCUT2D eigenvalue weighted by atomic mass is 9.75. The van der Waals surface area contributed by atoms with Crippen molar-refractivity contribution in [1.29, 1.82) is 0 Å².